The summed E-state index contributed by atoms with van der Waals surface area (Å²) < 4.78 is 28.3. The third kappa shape index (κ3) is 11.0. The van der Waals surface area contributed by atoms with Crippen molar-refractivity contribution in [2.24, 2.45) is 0 Å². The Kier molecular flexibility index (Phi) is 12.1. The van der Waals surface area contributed by atoms with Crippen molar-refractivity contribution in [1.29, 1.82) is 0 Å². The summed E-state index contributed by atoms with van der Waals surface area (Å²) in [6, 6.07) is 0. The lowest BCUT2D eigenvalue weighted by Gasteiger charge is -2.17. The molecule has 0 aromatic rings. The van der Waals surface area contributed by atoms with Gasteiger partial charge in [-0.05, 0) is 38.1 Å². The summed E-state index contributed by atoms with van der Waals surface area (Å²) in [5.41, 5.74) is 0. The summed E-state index contributed by atoms with van der Waals surface area (Å²) in [6.07, 6.45) is 4.87. The summed E-state index contributed by atoms with van der Waals surface area (Å²) in [6.45, 7) is 5.32. The maximum Gasteiger partial charge on any atom is 0.393 e. The van der Waals surface area contributed by atoms with Gasteiger partial charge in [0.05, 0.1) is 19.8 Å². The van der Waals surface area contributed by atoms with Gasteiger partial charge >= 0.3 is 12.8 Å². The Labute approximate surface area is 132 Å². The predicted octanol–water partition coefficient (Wildman–Crippen LogP) is 4.93. The fraction of sp³-hybridized carbons (Fsp3) is 0.786. The van der Waals surface area contributed by atoms with Crippen LogP contribution in [0.5, 0.6) is 0 Å². The average Bonchev–Trinajstić information content (AvgIpc) is 2.39. The minimum absolute atomic E-state index is 0.310. The van der Waals surface area contributed by atoms with E-state index in [1.807, 2.05) is 13.8 Å². The first-order chi connectivity index (χ1) is 9.97. The number of esters is 1. The third-order valence-corrected chi connectivity index (χ3v) is 6.15. The van der Waals surface area contributed by atoms with Crippen LogP contribution in [0.2, 0.25) is 0 Å². The van der Waals surface area contributed by atoms with Crippen LogP contribution in [0.1, 0.15) is 53.4 Å². The van der Waals surface area contributed by atoms with Crippen molar-refractivity contribution in [1.82, 2.24) is 0 Å². The van der Waals surface area contributed by atoms with Crippen LogP contribution in [0.4, 0.5) is 0 Å². The van der Waals surface area contributed by atoms with Crippen molar-refractivity contribution in [2.75, 3.05) is 19.8 Å². The normalized spacial score (nSPS) is 12.5. The topological polar surface area (TPSA) is 61.8 Å². The van der Waals surface area contributed by atoms with Crippen molar-refractivity contribution >= 4 is 24.1 Å². The van der Waals surface area contributed by atoms with Gasteiger partial charge in [-0.15, -0.1) is 0 Å². The molecule has 0 N–H and O–H groups in total. The SMILES string of the molecule is CCCCOP(=O)(OCCCC)S/C(C)=C/C(=O)OCC. The van der Waals surface area contributed by atoms with Gasteiger partial charge in [-0.3, -0.25) is 0 Å². The van der Waals surface area contributed by atoms with Crippen molar-refractivity contribution < 1.29 is 23.1 Å². The van der Waals surface area contributed by atoms with E-state index in [0.29, 0.717) is 24.7 Å². The van der Waals surface area contributed by atoms with Crippen LogP contribution in [-0.2, 0) is 23.1 Å². The largest absolute Gasteiger partial charge is 0.463 e. The number of unbranched alkanes of at least 4 members (excludes halogenated alkanes) is 2. The Bertz CT molecular complexity index is 356. The second-order valence-corrected chi connectivity index (χ2v) is 8.55. The maximum absolute atomic E-state index is 12.6. The smallest absolute Gasteiger partial charge is 0.393 e. The second-order valence-electron chi connectivity index (χ2n) is 4.42. The number of hydrogen-bond acceptors (Lipinski definition) is 6. The van der Waals surface area contributed by atoms with Crippen LogP contribution in [-0.4, -0.2) is 25.8 Å². The molecule has 0 unspecified atom stereocenters. The lowest BCUT2D eigenvalue weighted by molar-refractivity contribution is -0.137. The van der Waals surface area contributed by atoms with E-state index in [1.54, 1.807) is 13.8 Å². The van der Waals surface area contributed by atoms with Crippen LogP contribution in [0.3, 0.4) is 0 Å². The standard InChI is InChI=1S/C14H27O5PS/c1-5-8-10-18-20(16,19-11-9-6-2)21-13(4)12-14(15)17-7-3/h12H,5-11H2,1-4H3/b13-12+. The molecule has 0 aliphatic rings. The number of rotatable bonds is 12. The highest BCUT2D eigenvalue weighted by Crippen LogP contribution is 2.63. The van der Waals surface area contributed by atoms with Gasteiger partial charge in [0, 0.05) is 11.0 Å². The number of allylic oxidation sites excluding steroid dienone is 1. The molecule has 0 saturated heterocycles. The van der Waals surface area contributed by atoms with Gasteiger partial charge in [-0.2, -0.15) is 0 Å². The Hall–Kier alpha value is -0.290. The molecular formula is C14H27O5PS. The lowest BCUT2D eigenvalue weighted by Crippen LogP contribution is -2.00. The highest BCUT2D eigenvalue weighted by atomic mass is 32.7. The van der Waals surface area contributed by atoms with Crippen molar-refractivity contribution in [3.8, 4) is 0 Å². The van der Waals surface area contributed by atoms with Gasteiger partial charge in [-0.1, -0.05) is 26.7 Å². The van der Waals surface area contributed by atoms with Crippen LogP contribution in [0, 0.1) is 0 Å². The van der Waals surface area contributed by atoms with E-state index in [4.69, 9.17) is 13.8 Å². The number of carbonyl (C=O) groups excluding carboxylic acids is 1. The first-order valence-corrected chi connectivity index (χ1v) is 10.4. The molecule has 0 amide bonds. The van der Waals surface area contributed by atoms with Crippen molar-refractivity contribution in [3.63, 3.8) is 0 Å². The summed E-state index contributed by atoms with van der Waals surface area (Å²) in [4.78, 5) is 11.9. The molecule has 0 aromatic heterocycles. The number of ether oxygens (including phenoxy) is 1. The minimum Gasteiger partial charge on any atom is -0.463 e. The lowest BCUT2D eigenvalue weighted by atomic mass is 10.4. The molecule has 0 spiro atoms. The zero-order valence-corrected chi connectivity index (χ0v) is 15.1. The fourth-order valence-electron chi connectivity index (χ4n) is 1.28. The van der Waals surface area contributed by atoms with Crippen LogP contribution < -0.4 is 0 Å². The van der Waals surface area contributed by atoms with Gasteiger partial charge in [0.1, 0.15) is 0 Å². The molecule has 0 bridgehead atoms. The second kappa shape index (κ2) is 12.3. The van der Waals surface area contributed by atoms with E-state index in [1.165, 1.54) is 6.08 Å². The average molecular weight is 338 g/mol. The van der Waals surface area contributed by atoms with Crippen LogP contribution >= 0.6 is 18.2 Å². The van der Waals surface area contributed by atoms with Gasteiger partial charge < -0.3 is 13.8 Å². The van der Waals surface area contributed by atoms with E-state index in [2.05, 4.69) is 0 Å². The van der Waals surface area contributed by atoms with E-state index in [0.717, 1.165) is 37.1 Å². The van der Waals surface area contributed by atoms with Crippen LogP contribution in [0.15, 0.2) is 11.0 Å². The molecule has 7 heteroatoms. The van der Waals surface area contributed by atoms with Gasteiger partial charge in [0.15, 0.2) is 0 Å². The molecule has 0 aromatic carbocycles. The Morgan fingerprint density at radius 1 is 1.10 bits per heavy atom. The van der Waals surface area contributed by atoms with Crippen LogP contribution in [0.25, 0.3) is 0 Å². The quantitative estimate of drug-likeness (QED) is 0.218. The predicted molar refractivity (Wildman–Crippen MR) is 87.3 cm³/mol. The first kappa shape index (κ1) is 20.7. The molecule has 0 saturated carbocycles. The molecular weight excluding hydrogens is 311 g/mol. The van der Waals surface area contributed by atoms with Crippen molar-refractivity contribution in [3.05, 3.63) is 11.0 Å². The van der Waals surface area contributed by atoms with E-state index in [-0.39, 0.29) is 0 Å². The monoisotopic (exact) mass is 338 g/mol. The molecule has 0 rings (SSSR count). The molecule has 0 aliphatic carbocycles. The first-order valence-electron chi connectivity index (χ1n) is 7.41. The molecule has 0 heterocycles. The summed E-state index contributed by atoms with van der Waals surface area (Å²) in [5, 5.41) is 0. The highest BCUT2D eigenvalue weighted by molar-refractivity contribution is 8.57. The van der Waals surface area contributed by atoms with E-state index < -0.39 is 12.8 Å². The molecule has 124 valence electrons. The molecule has 21 heavy (non-hydrogen) atoms. The molecule has 0 fully saturated rings. The van der Waals surface area contributed by atoms with Gasteiger partial charge in [0.2, 0.25) is 0 Å². The Morgan fingerprint density at radius 3 is 2.05 bits per heavy atom. The number of carbonyl (C=O) groups is 1. The minimum atomic E-state index is -3.27. The van der Waals surface area contributed by atoms with Crippen molar-refractivity contribution in [2.45, 2.75) is 53.4 Å². The molecule has 0 radical (unpaired) electrons. The third-order valence-electron chi connectivity index (χ3n) is 2.36. The zero-order chi connectivity index (χ0) is 16.1. The van der Waals surface area contributed by atoms with Gasteiger partial charge in [-0.25, -0.2) is 9.36 Å². The Balaban J connectivity index is 4.63. The number of hydrogen-bond donors (Lipinski definition) is 0. The maximum atomic E-state index is 12.6. The molecule has 0 atom stereocenters. The zero-order valence-electron chi connectivity index (χ0n) is 13.4. The van der Waals surface area contributed by atoms with E-state index >= 15 is 0 Å². The summed E-state index contributed by atoms with van der Waals surface area (Å²) >= 11 is 0.973. The summed E-state index contributed by atoms with van der Waals surface area (Å²) in [7, 11) is 0. The summed E-state index contributed by atoms with van der Waals surface area (Å²) in [5.74, 6) is -0.448. The molecule has 0 aliphatic heterocycles. The fourth-order valence-corrected chi connectivity index (χ4v) is 4.65. The Morgan fingerprint density at radius 2 is 1.62 bits per heavy atom. The molecule has 5 nitrogen and oxygen atoms in total. The highest BCUT2D eigenvalue weighted by Gasteiger charge is 2.26. The van der Waals surface area contributed by atoms with E-state index in [9.17, 15) is 9.36 Å². The van der Waals surface area contributed by atoms with Gasteiger partial charge in [0.25, 0.3) is 0 Å².